The normalized spacial score (nSPS) is 9.80. The Balaban J connectivity index is 2.15. The van der Waals surface area contributed by atoms with Gasteiger partial charge < -0.3 is 5.73 Å². The van der Waals surface area contributed by atoms with E-state index < -0.39 is 0 Å². The minimum Gasteiger partial charge on any atom is -0.399 e. The second kappa shape index (κ2) is 4.39. The number of nitrogens with two attached hydrogens (primary N) is 1. The summed E-state index contributed by atoms with van der Waals surface area (Å²) in [4.78, 5) is 1.88. The molecule has 2 nitrogen and oxygen atoms in total. The number of rotatable bonds is 2. The summed E-state index contributed by atoms with van der Waals surface area (Å²) in [5, 5.41) is 8.69. The van der Waals surface area contributed by atoms with E-state index in [1.54, 1.807) is 11.8 Å². The summed E-state index contributed by atoms with van der Waals surface area (Å²) < 4.78 is 1.12. The van der Waals surface area contributed by atoms with Gasteiger partial charge in [0.1, 0.15) is 10.9 Å². The first-order valence-electron chi connectivity index (χ1n) is 4.31. The van der Waals surface area contributed by atoms with Gasteiger partial charge in [0.2, 0.25) is 0 Å². The lowest BCUT2D eigenvalue weighted by Crippen LogP contribution is -1.81. The highest BCUT2D eigenvalue weighted by Gasteiger charge is 2.01. The Bertz CT molecular complexity index is 494. The van der Waals surface area contributed by atoms with Gasteiger partial charge in [-0.3, -0.25) is 0 Å². The fraction of sp³-hybridized carbons (Fsp3) is 0. The van der Waals surface area contributed by atoms with Gasteiger partial charge in [0.25, 0.3) is 0 Å². The molecule has 0 amide bonds. The average molecular weight is 232 g/mol. The third-order valence-corrected chi connectivity index (χ3v) is 3.92. The summed E-state index contributed by atoms with van der Waals surface area (Å²) in [6.45, 7) is 0. The maximum atomic E-state index is 8.69. The molecule has 0 spiro atoms. The third-order valence-electron chi connectivity index (χ3n) is 1.79. The predicted molar refractivity (Wildman–Crippen MR) is 64.0 cm³/mol. The first-order valence-corrected chi connectivity index (χ1v) is 5.94. The lowest BCUT2D eigenvalue weighted by molar-refractivity contribution is 1.46. The van der Waals surface area contributed by atoms with Crippen molar-refractivity contribution in [3.8, 4) is 6.07 Å². The number of thiophene rings is 1. The smallest absolute Gasteiger partial charge is 0.110 e. The van der Waals surface area contributed by atoms with Crippen LogP contribution in [0.15, 0.2) is 45.5 Å². The molecule has 2 aromatic rings. The van der Waals surface area contributed by atoms with Gasteiger partial charge in [0.05, 0.1) is 4.21 Å². The fourth-order valence-corrected chi connectivity index (χ4v) is 2.99. The van der Waals surface area contributed by atoms with Crippen LogP contribution in [0.3, 0.4) is 0 Å². The first-order chi connectivity index (χ1) is 7.28. The Morgan fingerprint density at radius 1 is 1.13 bits per heavy atom. The number of benzene rings is 1. The second-order valence-corrected chi connectivity index (χ2v) is 5.36. The Hall–Kier alpha value is -1.44. The molecular formula is C11H8N2S2. The maximum Gasteiger partial charge on any atom is 0.110 e. The number of nitrogen functional groups attached to an aromatic ring is 1. The number of anilines is 1. The third kappa shape index (κ3) is 2.52. The molecule has 0 aliphatic rings. The molecular weight excluding hydrogens is 224 g/mol. The van der Waals surface area contributed by atoms with Crippen molar-refractivity contribution in [3.63, 3.8) is 0 Å². The van der Waals surface area contributed by atoms with E-state index in [0.717, 1.165) is 19.7 Å². The summed E-state index contributed by atoms with van der Waals surface area (Å²) in [6, 6.07) is 13.6. The first kappa shape index (κ1) is 10.1. The predicted octanol–water partition coefficient (Wildman–Crippen LogP) is 3.35. The zero-order chi connectivity index (χ0) is 10.7. The van der Waals surface area contributed by atoms with Gasteiger partial charge in [0.15, 0.2) is 0 Å². The highest BCUT2D eigenvalue weighted by atomic mass is 32.2. The minimum absolute atomic E-state index is 0.743. The summed E-state index contributed by atoms with van der Waals surface area (Å²) >= 11 is 3.15. The van der Waals surface area contributed by atoms with Gasteiger partial charge in [-0.25, -0.2) is 0 Å². The standard InChI is InChI=1S/C11H8N2S2/c12-7-10-5-6-11(15-10)14-9-3-1-8(13)2-4-9/h1-6H,13H2. The van der Waals surface area contributed by atoms with Crippen molar-refractivity contribution in [1.82, 2.24) is 0 Å². The molecule has 0 saturated carbocycles. The lowest BCUT2D eigenvalue weighted by Gasteiger charge is -1.98. The van der Waals surface area contributed by atoms with Crippen molar-refractivity contribution in [2.45, 2.75) is 9.10 Å². The van der Waals surface area contributed by atoms with Crippen LogP contribution in [0.25, 0.3) is 0 Å². The van der Waals surface area contributed by atoms with E-state index in [-0.39, 0.29) is 0 Å². The van der Waals surface area contributed by atoms with Crippen LogP contribution >= 0.6 is 23.1 Å². The van der Waals surface area contributed by atoms with E-state index in [2.05, 4.69) is 6.07 Å². The van der Waals surface area contributed by atoms with Gasteiger partial charge in [0, 0.05) is 10.6 Å². The molecule has 4 heteroatoms. The molecule has 1 aromatic heterocycles. The fourth-order valence-electron chi connectivity index (χ4n) is 1.09. The zero-order valence-electron chi connectivity index (χ0n) is 7.81. The molecule has 2 N–H and O–H groups in total. The molecule has 15 heavy (non-hydrogen) atoms. The summed E-state index contributed by atoms with van der Waals surface area (Å²) in [5.41, 5.74) is 6.36. The molecule has 0 saturated heterocycles. The van der Waals surface area contributed by atoms with Crippen LogP contribution in [0.2, 0.25) is 0 Å². The molecule has 1 aromatic carbocycles. The van der Waals surface area contributed by atoms with Gasteiger partial charge >= 0.3 is 0 Å². The van der Waals surface area contributed by atoms with E-state index in [0.29, 0.717) is 0 Å². The Labute approximate surface area is 96.3 Å². The van der Waals surface area contributed by atoms with E-state index in [4.69, 9.17) is 11.0 Å². The molecule has 0 radical (unpaired) electrons. The SMILES string of the molecule is N#Cc1ccc(Sc2ccc(N)cc2)s1. The van der Waals surface area contributed by atoms with Crippen LogP contribution in [0, 0.1) is 11.3 Å². The highest BCUT2D eigenvalue weighted by Crippen LogP contribution is 2.33. The maximum absolute atomic E-state index is 8.69. The number of nitrogens with zero attached hydrogens (tertiary/aromatic N) is 1. The molecule has 0 atom stereocenters. The van der Waals surface area contributed by atoms with Gasteiger partial charge in [-0.15, -0.1) is 11.3 Å². The molecule has 1 heterocycles. The molecule has 0 unspecified atom stereocenters. The van der Waals surface area contributed by atoms with Crippen molar-refractivity contribution in [1.29, 1.82) is 5.26 Å². The average Bonchev–Trinajstić information content (AvgIpc) is 2.69. The Morgan fingerprint density at radius 2 is 1.87 bits per heavy atom. The van der Waals surface area contributed by atoms with E-state index in [1.807, 2.05) is 36.4 Å². The molecule has 0 bridgehead atoms. The lowest BCUT2D eigenvalue weighted by atomic mass is 10.3. The Morgan fingerprint density at radius 3 is 2.47 bits per heavy atom. The summed E-state index contributed by atoms with van der Waals surface area (Å²) in [6.07, 6.45) is 0. The second-order valence-electron chi connectivity index (χ2n) is 2.90. The van der Waals surface area contributed by atoms with Crippen molar-refractivity contribution in [2.24, 2.45) is 0 Å². The Kier molecular flexibility index (Phi) is 2.95. The molecule has 0 fully saturated rings. The molecule has 74 valence electrons. The van der Waals surface area contributed by atoms with Crippen molar-refractivity contribution in [2.75, 3.05) is 5.73 Å². The van der Waals surface area contributed by atoms with E-state index in [1.165, 1.54) is 11.3 Å². The van der Waals surface area contributed by atoms with Crippen LogP contribution in [0.5, 0.6) is 0 Å². The van der Waals surface area contributed by atoms with Crippen molar-refractivity contribution < 1.29 is 0 Å². The van der Waals surface area contributed by atoms with Crippen LogP contribution in [-0.2, 0) is 0 Å². The van der Waals surface area contributed by atoms with Crippen molar-refractivity contribution in [3.05, 3.63) is 41.3 Å². The molecule has 2 rings (SSSR count). The summed E-state index contributed by atoms with van der Waals surface area (Å²) in [5.74, 6) is 0. The number of nitriles is 1. The van der Waals surface area contributed by atoms with Crippen LogP contribution < -0.4 is 5.73 Å². The zero-order valence-corrected chi connectivity index (χ0v) is 9.44. The van der Waals surface area contributed by atoms with Gasteiger partial charge in [-0.1, -0.05) is 11.8 Å². The van der Waals surface area contributed by atoms with Crippen LogP contribution in [0.4, 0.5) is 5.69 Å². The van der Waals surface area contributed by atoms with Gasteiger partial charge in [-0.2, -0.15) is 5.26 Å². The van der Waals surface area contributed by atoms with Crippen LogP contribution in [0.1, 0.15) is 4.88 Å². The number of hydrogen-bond acceptors (Lipinski definition) is 4. The largest absolute Gasteiger partial charge is 0.399 e. The van der Waals surface area contributed by atoms with Crippen LogP contribution in [-0.4, -0.2) is 0 Å². The molecule has 0 aliphatic carbocycles. The van der Waals surface area contributed by atoms with E-state index >= 15 is 0 Å². The minimum atomic E-state index is 0.743. The van der Waals surface area contributed by atoms with Gasteiger partial charge in [-0.05, 0) is 36.4 Å². The highest BCUT2D eigenvalue weighted by molar-refractivity contribution is 8.01. The quantitative estimate of drug-likeness (QED) is 0.808. The van der Waals surface area contributed by atoms with Crippen molar-refractivity contribution >= 4 is 28.8 Å². The number of hydrogen-bond donors (Lipinski definition) is 1. The topological polar surface area (TPSA) is 49.8 Å². The van der Waals surface area contributed by atoms with E-state index in [9.17, 15) is 0 Å². The summed E-state index contributed by atoms with van der Waals surface area (Å²) in [7, 11) is 0. The molecule has 0 aliphatic heterocycles. The monoisotopic (exact) mass is 232 g/mol.